The molecule has 128 valence electrons. The van der Waals surface area contributed by atoms with Gasteiger partial charge in [0.2, 0.25) is 5.95 Å². The third-order valence-electron chi connectivity index (χ3n) is 3.34. The van der Waals surface area contributed by atoms with Gasteiger partial charge in [0.15, 0.2) is 0 Å². The van der Waals surface area contributed by atoms with Crippen molar-refractivity contribution in [3.05, 3.63) is 76.0 Å². The van der Waals surface area contributed by atoms with Crippen molar-refractivity contribution < 1.29 is 4.79 Å². The van der Waals surface area contributed by atoms with E-state index in [0.717, 1.165) is 0 Å². The molecule has 0 aliphatic heterocycles. The molecule has 26 heavy (non-hydrogen) atoms. The second-order valence-corrected chi connectivity index (χ2v) is 6.00. The molecule has 2 aromatic carbocycles. The van der Waals surface area contributed by atoms with Gasteiger partial charge in [0.05, 0.1) is 22.3 Å². The average molecular weight is 384 g/mol. The Morgan fingerprint density at radius 3 is 2.54 bits per heavy atom. The lowest BCUT2D eigenvalue weighted by Crippen LogP contribution is -2.15. The number of carbonyl (C=O) groups is 1. The van der Waals surface area contributed by atoms with E-state index in [-0.39, 0.29) is 11.6 Å². The molecule has 0 aliphatic rings. The highest BCUT2D eigenvalue weighted by molar-refractivity contribution is 6.36. The Morgan fingerprint density at radius 1 is 1.08 bits per heavy atom. The van der Waals surface area contributed by atoms with Crippen molar-refractivity contribution in [2.45, 2.75) is 0 Å². The molecule has 3 rings (SSSR count). The van der Waals surface area contributed by atoms with Gasteiger partial charge >= 0.3 is 0 Å². The molecular formula is C18H11Cl2N5O. The van der Waals surface area contributed by atoms with Crippen LogP contribution in [0.1, 0.15) is 16.1 Å². The van der Waals surface area contributed by atoms with Gasteiger partial charge in [0.25, 0.3) is 5.91 Å². The first-order valence-electron chi connectivity index (χ1n) is 7.42. The number of nitrogens with one attached hydrogen (secondary N) is 2. The normalized spacial score (nSPS) is 10.0. The molecule has 6 nitrogen and oxygen atoms in total. The molecule has 0 atom stereocenters. The maximum Gasteiger partial charge on any atom is 0.274 e. The van der Waals surface area contributed by atoms with Gasteiger partial charge in [0, 0.05) is 16.9 Å². The lowest BCUT2D eigenvalue weighted by molar-refractivity contribution is 0.102. The van der Waals surface area contributed by atoms with Gasteiger partial charge in [-0.15, -0.1) is 0 Å². The predicted octanol–water partition coefficient (Wildman–Crippen LogP) is 4.65. The minimum absolute atomic E-state index is 0.169. The monoisotopic (exact) mass is 383 g/mol. The Hall–Kier alpha value is -3.14. The van der Waals surface area contributed by atoms with Crippen LogP contribution in [0.4, 0.5) is 17.3 Å². The molecule has 0 aliphatic carbocycles. The van der Waals surface area contributed by atoms with Crippen LogP contribution < -0.4 is 10.6 Å². The lowest BCUT2D eigenvalue weighted by Gasteiger charge is -2.09. The Kier molecular flexibility index (Phi) is 5.32. The van der Waals surface area contributed by atoms with Crippen molar-refractivity contribution in [1.29, 1.82) is 5.26 Å². The van der Waals surface area contributed by atoms with Gasteiger partial charge < -0.3 is 10.6 Å². The zero-order chi connectivity index (χ0) is 18.5. The fourth-order valence-electron chi connectivity index (χ4n) is 2.08. The second-order valence-electron chi connectivity index (χ2n) is 5.16. The highest BCUT2D eigenvalue weighted by Gasteiger charge is 2.11. The average Bonchev–Trinajstić information content (AvgIpc) is 2.65. The van der Waals surface area contributed by atoms with Crippen LogP contribution in [0, 0.1) is 11.3 Å². The SMILES string of the molecule is N#Cc1ccc(Nc2nccc(C(=O)Nc3ccc(Cl)cc3Cl)n2)cc1. The number of anilines is 3. The molecule has 0 spiro atoms. The van der Waals surface area contributed by atoms with Crippen LogP contribution in [-0.2, 0) is 0 Å². The minimum Gasteiger partial charge on any atom is -0.324 e. The number of rotatable bonds is 4. The first-order chi connectivity index (χ1) is 12.5. The van der Waals surface area contributed by atoms with Crippen LogP contribution >= 0.6 is 23.2 Å². The van der Waals surface area contributed by atoms with Crippen LogP contribution in [0.3, 0.4) is 0 Å². The van der Waals surface area contributed by atoms with E-state index < -0.39 is 5.91 Å². The largest absolute Gasteiger partial charge is 0.324 e. The van der Waals surface area contributed by atoms with E-state index in [2.05, 4.69) is 20.6 Å². The summed E-state index contributed by atoms with van der Waals surface area (Å²) >= 11 is 11.9. The summed E-state index contributed by atoms with van der Waals surface area (Å²) in [5, 5.41) is 15.3. The number of hydrogen-bond donors (Lipinski definition) is 2. The van der Waals surface area contributed by atoms with Crippen LogP contribution in [0.2, 0.25) is 10.0 Å². The number of nitrogens with zero attached hydrogens (tertiary/aromatic N) is 3. The molecule has 0 saturated heterocycles. The third-order valence-corrected chi connectivity index (χ3v) is 3.89. The number of halogens is 2. The second kappa shape index (κ2) is 7.83. The van der Waals surface area contributed by atoms with Crippen molar-refractivity contribution in [3.8, 4) is 6.07 Å². The fraction of sp³-hybridized carbons (Fsp3) is 0. The number of benzene rings is 2. The Bertz CT molecular complexity index is 999. The van der Waals surface area contributed by atoms with Crippen molar-refractivity contribution in [2.75, 3.05) is 10.6 Å². The molecule has 1 heterocycles. The zero-order valence-electron chi connectivity index (χ0n) is 13.2. The van der Waals surface area contributed by atoms with E-state index >= 15 is 0 Å². The molecule has 0 fully saturated rings. The van der Waals surface area contributed by atoms with Gasteiger partial charge in [0.1, 0.15) is 5.69 Å². The number of carbonyl (C=O) groups excluding carboxylic acids is 1. The first kappa shape index (κ1) is 17.7. The third kappa shape index (κ3) is 4.28. The van der Waals surface area contributed by atoms with E-state index in [9.17, 15) is 4.79 Å². The fourth-order valence-corrected chi connectivity index (χ4v) is 2.54. The zero-order valence-corrected chi connectivity index (χ0v) is 14.7. The summed E-state index contributed by atoms with van der Waals surface area (Å²) in [5.74, 6) is -0.177. The van der Waals surface area contributed by atoms with Crippen LogP contribution in [0.25, 0.3) is 0 Å². The Labute approximate surface area is 159 Å². The van der Waals surface area contributed by atoms with Gasteiger partial charge in [-0.3, -0.25) is 4.79 Å². The van der Waals surface area contributed by atoms with E-state index in [4.69, 9.17) is 28.5 Å². The van der Waals surface area contributed by atoms with E-state index in [0.29, 0.717) is 27.0 Å². The number of amides is 1. The quantitative estimate of drug-likeness (QED) is 0.683. The van der Waals surface area contributed by atoms with Crippen molar-refractivity contribution in [1.82, 2.24) is 9.97 Å². The summed E-state index contributed by atoms with van der Waals surface area (Å²) in [6.45, 7) is 0. The van der Waals surface area contributed by atoms with Gasteiger partial charge in [-0.05, 0) is 48.5 Å². The van der Waals surface area contributed by atoms with Crippen molar-refractivity contribution in [2.24, 2.45) is 0 Å². The minimum atomic E-state index is -0.431. The summed E-state index contributed by atoms with van der Waals surface area (Å²) < 4.78 is 0. The van der Waals surface area contributed by atoms with Gasteiger partial charge in [-0.25, -0.2) is 9.97 Å². The maximum absolute atomic E-state index is 12.4. The standard InChI is InChI=1S/C18H11Cl2N5O/c19-12-3-6-15(14(20)9-12)24-17(26)16-7-8-22-18(25-16)23-13-4-1-11(10-21)2-5-13/h1-9H,(H,24,26)(H,22,23,25). The van der Waals surface area contributed by atoms with Gasteiger partial charge in [-0.1, -0.05) is 23.2 Å². The van der Waals surface area contributed by atoms with Crippen molar-refractivity contribution >= 4 is 46.4 Å². The summed E-state index contributed by atoms with van der Waals surface area (Å²) in [6.07, 6.45) is 1.47. The lowest BCUT2D eigenvalue weighted by atomic mass is 10.2. The summed E-state index contributed by atoms with van der Waals surface area (Å²) in [4.78, 5) is 20.7. The Balaban J connectivity index is 1.75. The molecule has 8 heteroatoms. The molecule has 0 saturated carbocycles. The summed E-state index contributed by atoms with van der Waals surface area (Å²) in [5.41, 5.74) is 1.84. The Morgan fingerprint density at radius 2 is 1.85 bits per heavy atom. The van der Waals surface area contributed by atoms with E-state index in [1.54, 1.807) is 36.4 Å². The smallest absolute Gasteiger partial charge is 0.274 e. The summed E-state index contributed by atoms with van der Waals surface area (Å²) in [7, 11) is 0. The van der Waals surface area contributed by atoms with Crippen molar-refractivity contribution in [3.63, 3.8) is 0 Å². The predicted molar refractivity (Wildman–Crippen MR) is 101 cm³/mol. The molecule has 0 radical (unpaired) electrons. The van der Waals surface area contributed by atoms with Gasteiger partial charge in [-0.2, -0.15) is 5.26 Å². The van der Waals surface area contributed by atoms with E-state index in [1.165, 1.54) is 18.3 Å². The summed E-state index contributed by atoms with van der Waals surface area (Å²) in [6, 6.07) is 15.1. The maximum atomic E-state index is 12.4. The molecule has 2 N–H and O–H groups in total. The highest BCUT2D eigenvalue weighted by atomic mass is 35.5. The molecule has 0 bridgehead atoms. The van der Waals surface area contributed by atoms with E-state index in [1.807, 2.05) is 6.07 Å². The molecule has 1 amide bonds. The molecular weight excluding hydrogens is 373 g/mol. The number of nitriles is 1. The van der Waals surface area contributed by atoms with Crippen LogP contribution in [-0.4, -0.2) is 15.9 Å². The number of hydrogen-bond acceptors (Lipinski definition) is 5. The molecule has 0 unspecified atom stereocenters. The topological polar surface area (TPSA) is 90.7 Å². The number of aromatic nitrogens is 2. The highest BCUT2D eigenvalue weighted by Crippen LogP contribution is 2.25. The van der Waals surface area contributed by atoms with Crippen LogP contribution in [0.15, 0.2) is 54.7 Å². The first-order valence-corrected chi connectivity index (χ1v) is 8.17. The van der Waals surface area contributed by atoms with Crippen LogP contribution in [0.5, 0.6) is 0 Å². The molecule has 1 aromatic heterocycles. The molecule has 3 aromatic rings.